The molecule has 1 aromatic carbocycles. The van der Waals surface area contributed by atoms with Crippen molar-refractivity contribution in [3.05, 3.63) is 34.9 Å². The van der Waals surface area contributed by atoms with Crippen molar-refractivity contribution in [1.82, 2.24) is 9.91 Å². The number of hydrazine groups is 1. The molecule has 25 heavy (non-hydrogen) atoms. The van der Waals surface area contributed by atoms with Crippen LogP contribution in [0.1, 0.15) is 23.2 Å². The molecule has 10 heteroatoms. The van der Waals surface area contributed by atoms with Crippen molar-refractivity contribution in [2.75, 3.05) is 13.1 Å². The Bertz CT molecular complexity index is 671. The molecule has 0 saturated carbocycles. The fourth-order valence-corrected chi connectivity index (χ4v) is 2.66. The number of rotatable bonds is 2. The van der Waals surface area contributed by atoms with Gasteiger partial charge in [-0.25, -0.2) is 10.9 Å². The molecule has 1 aromatic rings. The van der Waals surface area contributed by atoms with E-state index in [1.54, 1.807) is 24.3 Å². The van der Waals surface area contributed by atoms with Crippen molar-refractivity contribution in [2.45, 2.75) is 19.0 Å². The highest BCUT2D eigenvalue weighted by Gasteiger charge is 2.45. The van der Waals surface area contributed by atoms with Crippen molar-refractivity contribution in [3.8, 4) is 0 Å². The smallest absolute Gasteiger partial charge is 0.339 e. The van der Waals surface area contributed by atoms with Crippen LogP contribution in [0.2, 0.25) is 5.02 Å². The van der Waals surface area contributed by atoms with Gasteiger partial charge in [0.1, 0.15) is 0 Å². The number of piperidine rings is 1. The normalized spacial score (nSPS) is 15.8. The first-order valence-corrected chi connectivity index (χ1v) is 7.73. The van der Waals surface area contributed by atoms with Gasteiger partial charge >= 0.3 is 12.1 Å². The maximum absolute atomic E-state index is 12.3. The van der Waals surface area contributed by atoms with Gasteiger partial charge in [-0.3, -0.25) is 14.4 Å². The van der Waals surface area contributed by atoms with Crippen molar-refractivity contribution in [3.63, 3.8) is 0 Å². The summed E-state index contributed by atoms with van der Waals surface area (Å²) in [6, 6.07) is 6.26. The second kappa shape index (κ2) is 7.40. The van der Waals surface area contributed by atoms with Crippen LogP contribution in [0.25, 0.3) is 0 Å². The molecule has 6 nitrogen and oxygen atoms in total. The molecule has 0 radical (unpaired) electrons. The van der Waals surface area contributed by atoms with E-state index < -0.39 is 23.9 Å². The van der Waals surface area contributed by atoms with E-state index in [1.807, 2.05) is 0 Å². The summed E-state index contributed by atoms with van der Waals surface area (Å²) in [5.74, 6) is 0.390. The lowest BCUT2D eigenvalue weighted by Gasteiger charge is -2.32. The number of nitrogens with zero attached hydrogens (tertiary/aromatic N) is 2. The summed E-state index contributed by atoms with van der Waals surface area (Å²) in [6.45, 7) is 0.345. The van der Waals surface area contributed by atoms with Gasteiger partial charge in [0.2, 0.25) is 5.91 Å². The Morgan fingerprint density at radius 3 is 2.12 bits per heavy atom. The summed E-state index contributed by atoms with van der Waals surface area (Å²) in [5.41, 5.74) is 0.418. The monoisotopic (exact) mass is 377 g/mol. The summed E-state index contributed by atoms with van der Waals surface area (Å²) < 4.78 is 37.0. The number of hydrogen-bond donors (Lipinski definition) is 1. The van der Waals surface area contributed by atoms with Gasteiger partial charge in [0.25, 0.3) is 5.91 Å². The Hall–Kier alpha value is -2.13. The summed E-state index contributed by atoms with van der Waals surface area (Å²) in [7, 11) is 0. The molecule has 0 aliphatic carbocycles. The number of halogens is 4. The minimum absolute atomic E-state index is 0.122. The lowest BCUT2D eigenvalue weighted by Crippen LogP contribution is -2.53. The zero-order valence-corrected chi connectivity index (χ0v) is 13.7. The minimum atomic E-state index is -5.21. The lowest BCUT2D eigenvalue weighted by atomic mass is 9.95. The van der Waals surface area contributed by atoms with Gasteiger partial charge in [0, 0.05) is 29.6 Å². The second-order valence-electron chi connectivity index (χ2n) is 5.58. The Labute approximate surface area is 146 Å². The molecule has 136 valence electrons. The fourth-order valence-electron chi connectivity index (χ4n) is 2.54. The van der Waals surface area contributed by atoms with Crippen LogP contribution >= 0.6 is 11.6 Å². The average Bonchev–Trinajstić information content (AvgIpc) is 2.59. The largest absolute Gasteiger partial charge is 0.473 e. The van der Waals surface area contributed by atoms with E-state index in [4.69, 9.17) is 17.4 Å². The van der Waals surface area contributed by atoms with Gasteiger partial charge in [0.05, 0.1) is 0 Å². The zero-order chi connectivity index (χ0) is 18.8. The van der Waals surface area contributed by atoms with Crippen molar-refractivity contribution >= 4 is 29.3 Å². The highest BCUT2D eigenvalue weighted by atomic mass is 35.5. The molecule has 1 saturated heterocycles. The molecular weight excluding hydrogens is 363 g/mol. The van der Waals surface area contributed by atoms with Gasteiger partial charge < -0.3 is 4.90 Å². The molecule has 3 amide bonds. The first kappa shape index (κ1) is 19.2. The van der Waals surface area contributed by atoms with Gasteiger partial charge in [-0.15, -0.1) is 0 Å². The second-order valence-corrected chi connectivity index (χ2v) is 6.02. The summed E-state index contributed by atoms with van der Waals surface area (Å²) >= 11 is 5.76. The van der Waals surface area contributed by atoms with Crippen molar-refractivity contribution < 1.29 is 27.6 Å². The summed E-state index contributed by atoms with van der Waals surface area (Å²) in [5, 5.41) is 0.0969. The minimum Gasteiger partial charge on any atom is -0.339 e. The van der Waals surface area contributed by atoms with Gasteiger partial charge in [-0.05, 0) is 37.1 Å². The first-order valence-electron chi connectivity index (χ1n) is 7.36. The summed E-state index contributed by atoms with van der Waals surface area (Å²) in [6.07, 6.45) is -4.97. The molecule has 1 fully saturated rings. The number of imide groups is 1. The SMILES string of the molecule is NN(C(=O)C1CCN(C(=O)c2ccc(Cl)cc2)CC1)C(=O)C(F)(F)F. The highest BCUT2D eigenvalue weighted by Crippen LogP contribution is 2.23. The van der Waals surface area contributed by atoms with Crippen LogP contribution in [0.4, 0.5) is 13.2 Å². The molecule has 0 bridgehead atoms. The van der Waals surface area contributed by atoms with Gasteiger partial charge in [-0.1, -0.05) is 11.6 Å². The van der Waals surface area contributed by atoms with E-state index in [1.165, 1.54) is 4.90 Å². The first-order chi connectivity index (χ1) is 11.6. The number of nitrogens with two attached hydrogens (primary N) is 1. The number of carbonyl (C=O) groups is 3. The van der Waals surface area contributed by atoms with Crippen LogP contribution < -0.4 is 5.84 Å². The molecule has 0 spiro atoms. The van der Waals surface area contributed by atoms with Crippen molar-refractivity contribution in [2.24, 2.45) is 11.8 Å². The van der Waals surface area contributed by atoms with Crippen LogP contribution in [0.3, 0.4) is 0 Å². The number of hydrogen-bond acceptors (Lipinski definition) is 4. The van der Waals surface area contributed by atoms with Crippen LogP contribution in [0.5, 0.6) is 0 Å². The standard InChI is InChI=1S/C15H15ClF3N3O3/c16-11-3-1-9(2-4-11)12(23)21-7-5-10(6-8-21)13(24)22(20)14(25)15(17,18)19/h1-4,10H,5-8,20H2. The topological polar surface area (TPSA) is 83.7 Å². The zero-order valence-electron chi connectivity index (χ0n) is 12.9. The van der Waals surface area contributed by atoms with Gasteiger partial charge in [0.15, 0.2) is 0 Å². The van der Waals surface area contributed by atoms with Crippen LogP contribution in [0.15, 0.2) is 24.3 Å². The number of alkyl halides is 3. The predicted molar refractivity (Wildman–Crippen MR) is 82.2 cm³/mol. The van der Waals surface area contributed by atoms with Gasteiger partial charge in [-0.2, -0.15) is 13.2 Å². The molecule has 2 N–H and O–H groups in total. The maximum atomic E-state index is 12.3. The third-order valence-corrected chi connectivity index (χ3v) is 4.17. The third-order valence-electron chi connectivity index (χ3n) is 3.92. The van der Waals surface area contributed by atoms with E-state index in [-0.39, 0.29) is 36.8 Å². The third kappa shape index (κ3) is 4.49. The number of likely N-dealkylation sites (tertiary alicyclic amines) is 1. The number of carbonyl (C=O) groups excluding carboxylic acids is 3. The van der Waals surface area contributed by atoms with E-state index in [0.717, 1.165) is 0 Å². The molecule has 1 aliphatic heterocycles. The molecule has 0 unspecified atom stereocenters. The van der Waals surface area contributed by atoms with Crippen LogP contribution in [-0.4, -0.2) is 46.9 Å². The number of amides is 3. The Kier molecular flexibility index (Phi) is 5.69. The van der Waals surface area contributed by atoms with E-state index in [0.29, 0.717) is 10.6 Å². The Balaban J connectivity index is 1.95. The van der Waals surface area contributed by atoms with Crippen LogP contribution in [-0.2, 0) is 9.59 Å². The van der Waals surface area contributed by atoms with E-state index in [9.17, 15) is 27.6 Å². The number of benzene rings is 1. The fraction of sp³-hybridized carbons (Fsp3) is 0.400. The molecule has 0 atom stereocenters. The highest BCUT2D eigenvalue weighted by molar-refractivity contribution is 6.30. The lowest BCUT2D eigenvalue weighted by molar-refractivity contribution is -0.189. The Morgan fingerprint density at radius 1 is 1.12 bits per heavy atom. The molecule has 1 aliphatic rings. The van der Waals surface area contributed by atoms with E-state index >= 15 is 0 Å². The maximum Gasteiger partial charge on any atom is 0.473 e. The quantitative estimate of drug-likeness (QED) is 0.485. The summed E-state index contributed by atoms with van der Waals surface area (Å²) in [4.78, 5) is 36.8. The molecule has 1 heterocycles. The predicted octanol–water partition coefficient (Wildman–Crippen LogP) is 1.98. The van der Waals surface area contributed by atoms with E-state index in [2.05, 4.69) is 0 Å². The van der Waals surface area contributed by atoms with Crippen LogP contribution in [0, 0.1) is 5.92 Å². The molecule has 0 aromatic heterocycles. The Morgan fingerprint density at radius 2 is 1.64 bits per heavy atom. The molecule has 2 rings (SSSR count). The van der Waals surface area contributed by atoms with Crippen molar-refractivity contribution in [1.29, 1.82) is 0 Å². The average molecular weight is 378 g/mol. The molecular formula is C15H15ClF3N3O3.